The van der Waals surface area contributed by atoms with Crippen LogP contribution in [-0.4, -0.2) is 17.1 Å². The molecule has 2 aromatic rings. The summed E-state index contributed by atoms with van der Waals surface area (Å²) >= 11 is 5.48. The zero-order chi connectivity index (χ0) is 15.4. The van der Waals surface area contributed by atoms with Crippen molar-refractivity contribution >= 4 is 23.0 Å². The van der Waals surface area contributed by atoms with Crippen molar-refractivity contribution in [1.29, 1.82) is 0 Å². The van der Waals surface area contributed by atoms with Crippen LogP contribution < -0.4 is 5.32 Å². The molecule has 0 aromatic heterocycles. The molecule has 0 aliphatic rings. The summed E-state index contributed by atoms with van der Waals surface area (Å²) in [5, 5.41) is 4.03. The molecule has 0 spiro atoms. The Labute approximate surface area is 132 Å². The molecule has 0 unspecified atom stereocenters. The van der Waals surface area contributed by atoms with Crippen LogP contribution in [0.3, 0.4) is 0 Å². The van der Waals surface area contributed by atoms with E-state index in [-0.39, 0.29) is 0 Å². The van der Waals surface area contributed by atoms with Gasteiger partial charge in [0, 0.05) is 19.3 Å². The second-order valence-electron chi connectivity index (χ2n) is 5.59. The number of nitrogens with one attached hydrogen (secondary N) is 1. The van der Waals surface area contributed by atoms with Crippen LogP contribution in [0.2, 0.25) is 0 Å². The highest BCUT2D eigenvalue weighted by atomic mass is 32.1. The molecule has 0 aliphatic carbocycles. The van der Waals surface area contributed by atoms with E-state index >= 15 is 0 Å². The Morgan fingerprint density at radius 1 is 1.05 bits per heavy atom. The van der Waals surface area contributed by atoms with E-state index in [0.29, 0.717) is 0 Å². The SMILES string of the molecule is Cc1cccc(NC(=S)N(C)Cc2ccc(C)cc2C)c1. The minimum absolute atomic E-state index is 0.737. The monoisotopic (exact) mass is 298 g/mol. The van der Waals surface area contributed by atoms with Crippen LogP contribution in [0.15, 0.2) is 42.5 Å². The van der Waals surface area contributed by atoms with Gasteiger partial charge in [-0.3, -0.25) is 0 Å². The van der Waals surface area contributed by atoms with Gasteiger partial charge in [0.15, 0.2) is 5.11 Å². The van der Waals surface area contributed by atoms with Gasteiger partial charge >= 0.3 is 0 Å². The lowest BCUT2D eigenvalue weighted by molar-refractivity contribution is 0.507. The van der Waals surface area contributed by atoms with Crippen molar-refractivity contribution in [3.8, 4) is 0 Å². The molecule has 2 aromatic carbocycles. The maximum absolute atomic E-state index is 5.48. The first kappa shape index (κ1) is 15.5. The third kappa shape index (κ3) is 4.30. The van der Waals surface area contributed by atoms with Gasteiger partial charge in [0.25, 0.3) is 0 Å². The molecule has 0 bridgehead atoms. The summed E-state index contributed by atoms with van der Waals surface area (Å²) in [5.74, 6) is 0. The summed E-state index contributed by atoms with van der Waals surface area (Å²) in [5.41, 5.74) is 6.16. The van der Waals surface area contributed by atoms with Crippen molar-refractivity contribution in [1.82, 2.24) is 4.90 Å². The van der Waals surface area contributed by atoms with Gasteiger partial charge in [-0.1, -0.05) is 35.9 Å². The molecule has 21 heavy (non-hydrogen) atoms. The predicted molar refractivity (Wildman–Crippen MR) is 94.8 cm³/mol. The van der Waals surface area contributed by atoms with Gasteiger partial charge in [0.05, 0.1) is 0 Å². The molecule has 0 saturated carbocycles. The van der Waals surface area contributed by atoms with Crippen molar-refractivity contribution in [2.75, 3.05) is 12.4 Å². The van der Waals surface area contributed by atoms with Gasteiger partial charge in [0.1, 0.15) is 0 Å². The van der Waals surface area contributed by atoms with E-state index in [1.54, 1.807) is 0 Å². The molecule has 0 heterocycles. The molecule has 2 rings (SSSR count). The zero-order valence-electron chi connectivity index (χ0n) is 13.1. The summed E-state index contributed by atoms with van der Waals surface area (Å²) in [7, 11) is 2.02. The van der Waals surface area contributed by atoms with Crippen LogP contribution in [0.1, 0.15) is 22.3 Å². The fourth-order valence-corrected chi connectivity index (χ4v) is 2.47. The van der Waals surface area contributed by atoms with Gasteiger partial charge in [-0.25, -0.2) is 0 Å². The van der Waals surface area contributed by atoms with Gasteiger partial charge in [-0.05, 0) is 61.8 Å². The lowest BCUT2D eigenvalue weighted by atomic mass is 10.1. The Kier molecular flexibility index (Phi) is 4.97. The lowest BCUT2D eigenvalue weighted by Gasteiger charge is -2.22. The van der Waals surface area contributed by atoms with Gasteiger partial charge in [-0.15, -0.1) is 0 Å². The average molecular weight is 298 g/mol. The average Bonchev–Trinajstić information content (AvgIpc) is 2.41. The Morgan fingerprint density at radius 2 is 1.76 bits per heavy atom. The van der Waals surface area contributed by atoms with E-state index in [4.69, 9.17) is 12.2 Å². The summed E-state index contributed by atoms with van der Waals surface area (Å²) in [6.45, 7) is 7.15. The number of nitrogens with zero attached hydrogens (tertiary/aromatic N) is 1. The number of anilines is 1. The Morgan fingerprint density at radius 3 is 2.43 bits per heavy atom. The minimum atomic E-state index is 0.737. The first-order valence-electron chi connectivity index (χ1n) is 7.10. The summed E-state index contributed by atoms with van der Waals surface area (Å²) < 4.78 is 0. The van der Waals surface area contributed by atoms with Crippen LogP contribution in [0.25, 0.3) is 0 Å². The van der Waals surface area contributed by atoms with E-state index < -0.39 is 0 Å². The maximum Gasteiger partial charge on any atom is 0.173 e. The smallest absolute Gasteiger partial charge is 0.173 e. The lowest BCUT2D eigenvalue weighted by Crippen LogP contribution is -2.30. The van der Waals surface area contributed by atoms with Crippen LogP contribution in [0.5, 0.6) is 0 Å². The Hall–Kier alpha value is -1.87. The normalized spacial score (nSPS) is 10.3. The fraction of sp³-hybridized carbons (Fsp3) is 0.278. The number of benzene rings is 2. The standard InChI is InChI=1S/C18H22N2S/c1-13-6-5-7-17(11-13)19-18(21)20(4)12-16-9-8-14(2)10-15(16)3/h5-11H,12H2,1-4H3,(H,19,21). The van der Waals surface area contributed by atoms with Crippen molar-refractivity contribution in [2.24, 2.45) is 0 Å². The largest absolute Gasteiger partial charge is 0.348 e. The summed E-state index contributed by atoms with van der Waals surface area (Å²) in [6.07, 6.45) is 0. The van der Waals surface area contributed by atoms with Crippen LogP contribution >= 0.6 is 12.2 Å². The van der Waals surface area contributed by atoms with Gasteiger partial charge < -0.3 is 10.2 Å². The van der Waals surface area contributed by atoms with Crippen LogP contribution in [0, 0.1) is 20.8 Å². The molecule has 0 saturated heterocycles. The third-order valence-corrected chi connectivity index (χ3v) is 3.94. The topological polar surface area (TPSA) is 15.3 Å². The zero-order valence-corrected chi connectivity index (χ0v) is 13.9. The molecular formula is C18H22N2S. The number of thiocarbonyl (C=S) groups is 1. The van der Waals surface area contributed by atoms with Crippen molar-refractivity contribution < 1.29 is 0 Å². The van der Waals surface area contributed by atoms with Crippen molar-refractivity contribution in [3.05, 3.63) is 64.7 Å². The van der Waals surface area contributed by atoms with Crippen LogP contribution in [-0.2, 0) is 6.54 Å². The Balaban J connectivity index is 2.02. The molecular weight excluding hydrogens is 276 g/mol. The predicted octanol–water partition coefficient (Wildman–Crippen LogP) is 4.44. The number of aryl methyl sites for hydroxylation is 3. The highest BCUT2D eigenvalue weighted by Gasteiger charge is 2.07. The van der Waals surface area contributed by atoms with E-state index in [2.05, 4.69) is 61.3 Å². The first-order valence-corrected chi connectivity index (χ1v) is 7.51. The third-order valence-electron chi connectivity index (χ3n) is 3.52. The molecule has 0 fully saturated rings. The van der Waals surface area contributed by atoms with E-state index in [0.717, 1.165) is 17.3 Å². The van der Waals surface area contributed by atoms with Crippen molar-refractivity contribution in [3.63, 3.8) is 0 Å². The quantitative estimate of drug-likeness (QED) is 0.843. The number of hydrogen-bond donors (Lipinski definition) is 1. The number of rotatable bonds is 3. The van der Waals surface area contributed by atoms with Crippen molar-refractivity contribution in [2.45, 2.75) is 27.3 Å². The molecule has 110 valence electrons. The molecule has 2 nitrogen and oxygen atoms in total. The minimum Gasteiger partial charge on any atom is -0.348 e. The number of hydrogen-bond acceptors (Lipinski definition) is 1. The summed E-state index contributed by atoms with van der Waals surface area (Å²) in [4.78, 5) is 2.06. The molecule has 0 aliphatic heterocycles. The van der Waals surface area contributed by atoms with Crippen LogP contribution in [0.4, 0.5) is 5.69 Å². The molecule has 1 N–H and O–H groups in total. The van der Waals surface area contributed by atoms with Gasteiger partial charge in [0.2, 0.25) is 0 Å². The van der Waals surface area contributed by atoms with E-state index in [9.17, 15) is 0 Å². The second kappa shape index (κ2) is 6.72. The van der Waals surface area contributed by atoms with E-state index in [1.807, 2.05) is 19.2 Å². The highest BCUT2D eigenvalue weighted by Crippen LogP contribution is 2.14. The Bertz CT molecular complexity index is 649. The molecule has 3 heteroatoms. The van der Waals surface area contributed by atoms with Gasteiger partial charge in [-0.2, -0.15) is 0 Å². The highest BCUT2D eigenvalue weighted by molar-refractivity contribution is 7.80. The fourth-order valence-electron chi connectivity index (χ4n) is 2.29. The molecule has 0 amide bonds. The molecule has 0 radical (unpaired) electrons. The maximum atomic E-state index is 5.48. The van der Waals surface area contributed by atoms with E-state index in [1.165, 1.54) is 22.3 Å². The first-order chi connectivity index (χ1) is 9.95. The summed E-state index contributed by atoms with van der Waals surface area (Å²) in [6, 6.07) is 14.8. The molecule has 0 atom stereocenters. The second-order valence-corrected chi connectivity index (χ2v) is 5.97.